The van der Waals surface area contributed by atoms with E-state index in [4.69, 9.17) is 0 Å². The molecule has 0 amide bonds. The Morgan fingerprint density at radius 1 is 1.13 bits per heavy atom. The molecule has 0 spiro atoms. The lowest BCUT2D eigenvalue weighted by Crippen LogP contribution is -2.19. The van der Waals surface area contributed by atoms with E-state index in [1.54, 1.807) is 13.8 Å². The van der Waals surface area contributed by atoms with Crippen molar-refractivity contribution in [2.45, 2.75) is 73.3 Å². The molecule has 1 N–H and O–H groups in total. The average Bonchev–Trinajstić information content (AvgIpc) is 2.35. The van der Waals surface area contributed by atoms with Crippen LogP contribution in [0.5, 0.6) is 0 Å². The highest BCUT2D eigenvalue weighted by molar-refractivity contribution is 5.37. The Balaban J connectivity index is 2.79. The van der Waals surface area contributed by atoms with Gasteiger partial charge in [-0.2, -0.15) is 0 Å². The normalized spacial score (nSPS) is 20.9. The van der Waals surface area contributed by atoms with E-state index in [9.17, 15) is 5.11 Å². The standard InChI is InChI=1S/C22H34O/c1-17(10-8-11-18(2)16-22(6,7)23)13-14-20-19(3)12-9-15-21(20,4)5/h8,10-11,13-14,16,23H,9,12,15H2,1-7H3. The Morgan fingerprint density at radius 2 is 1.78 bits per heavy atom. The Kier molecular flexibility index (Phi) is 6.83. The van der Waals surface area contributed by atoms with E-state index in [-0.39, 0.29) is 0 Å². The summed E-state index contributed by atoms with van der Waals surface area (Å²) in [6, 6.07) is 0. The predicted octanol–water partition coefficient (Wildman–Crippen LogP) is 6.29. The molecule has 0 heterocycles. The van der Waals surface area contributed by atoms with E-state index in [0.717, 1.165) is 5.57 Å². The highest BCUT2D eigenvalue weighted by Crippen LogP contribution is 2.40. The lowest BCUT2D eigenvalue weighted by atomic mass is 9.72. The van der Waals surface area contributed by atoms with E-state index in [0.29, 0.717) is 5.41 Å². The van der Waals surface area contributed by atoms with Gasteiger partial charge >= 0.3 is 0 Å². The maximum Gasteiger partial charge on any atom is 0.0777 e. The number of hydrogen-bond donors (Lipinski definition) is 1. The molecule has 0 unspecified atom stereocenters. The lowest BCUT2D eigenvalue weighted by molar-refractivity contribution is 0.132. The number of allylic oxidation sites excluding steroid dienone is 9. The molecule has 0 saturated carbocycles. The van der Waals surface area contributed by atoms with Crippen LogP contribution < -0.4 is 0 Å². The van der Waals surface area contributed by atoms with E-state index >= 15 is 0 Å². The van der Waals surface area contributed by atoms with Gasteiger partial charge in [-0.15, -0.1) is 0 Å². The van der Waals surface area contributed by atoms with E-state index in [2.05, 4.69) is 45.9 Å². The van der Waals surface area contributed by atoms with Crippen LogP contribution in [0.2, 0.25) is 0 Å². The van der Waals surface area contributed by atoms with E-state index in [1.165, 1.54) is 36.0 Å². The summed E-state index contributed by atoms with van der Waals surface area (Å²) in [4.78, 5) is 0. The second kappa shape index (κ2) is 7.97. The van der Waals surface area contributed by atoms with Crippen molar-refractivity contribution in [3.8, 4) is 0 Å². The smallest absolute Gasteiger partial charge is 0.0777 e. The third kappa shape index (κ3) is 7.18. The first-order valence-corrected chi connectivity index (χ1v) is 8.66. The van der Waals surface area contributed by atoms with Crippen LogP contribution in [-0.4, -0.2) is 10.7 Å². The van der Waals surface area contributed by atoms with Crippen molar-refractivity contribution in [3.63, 3.8) is 0 Å². The maximum atomic E-state index is 9.76. The van der Waals surface area contributed by atoms with Crippen molar-refractivity contribution >= 4 is 0 Å². The Morgan fingerprint density at radius 3 is 2.35 bits per heavy atom. The van der Waals surface area contributed by atoms with Crippen LogP contribution in [0.25, 0.3) is 0 Å². The van der Waals surface area contributed by atoms with Gasteiger partial charge in [0.2, 0.25) is 0 Å². The summed E-state index contributed by atoms with van der Waals surface area (Å²) in [5.41, 5.74) is 4.87. The van der Waals surface area contributed by atoms with Gasteiger partial charge in [0, 0.05) is 0 Å². The van der Waals surface area contributed by atoms with Gasteiger partial charge < -0.3 is 5.11 Å². The average molecular weight is 315 g/mol. The summed E-state index contributed by atoms with van der Waals surface area (Å²) >= 11 is 0. The molecule has 0 aromatic rings. The van der Waals surface area contributed by atoms with Gasteiger partial charge in [0.1, 0.15) is 0 Å². The minimum absolute atomic E-state index is 0.293. The summed E-state index contributed by atoms with van der Waals surface area (Å²) in [7, 11) is 0. The van der Waals surface area contributed by atoms with Gasteiger partial charge in [0.25, 0.3) is 0 Å². The van der Waals surface area contributed by atoms with Crippen molar-refractivity contribution in [2.24, 2.45) is 5.41 Å². The molecule has 23 heavy (non-hydrogen) atoms. The third-order valence-electron chi connectivity index (χ3n) is 4.35. The zero-order valence-electron chi connectivity index (χ0n) is 16.0. The first-order valence-electron chi connectivity index (χ1n) is 8.66. The van der Waals surface area contributed by atoms with Crippen LogP contribution >= 0.6 is 0 Å². The molecular weight excluding hydrogens is 280 g/mol. The molecule has 0 saturated heterocycles. The van der Waals surface area contributed by atoms with E-state index in [1.807, 2.05) is 25.2 Å². The Labute approximate surface area is 143 Å². The van der Waals surface area contributed by atoms with Crippen LogP contribution in [0.4, 0.5) is 0 Å². The second-order valence-corrected chi connectivity index (χ2v) is 8.08. The molecule has 0 atom stereocenters. The minimum Gasteiger partial charge on any atom is -0.386 e. The highest BCUT2D eigenvalue weighted by atomic mass is 16.3. The summed E-state index contributed by atoms with van der Waals surface area (Å²) in [6.07, 6.45) is 16.4. The molecule has 1 heteroatoms. The van der Waals surface area contributed by atoms with Crippen molar-refractivity contribution in [2.75, 3.05) is 0 Å². The van der Waals surface area contributed by atoms with Gasteiger partial charge in [-0.1, -0.05) is 67.0 Å². The van der Waals surface area contributed by atoms with Gasteiger partial charge in [-0.3, -0.25) is 0 Å². The summed E-state index contributed by atoms with van der Waals surface area (Å²) < 4.78 is 0. The number of rotatable bonds is 5. The fourth-order valence-corrected chi connectivity index (χ4v) is 3.24. The Hall–Kier alpha value is -1.34. The van der Waals surface area contributed by atoms with Gasteiger partial charge in [0.15, 0.2) is 0 Å². The quantitative estimate of drug-likeness (QED) is 0.591. The van der Waals surface area contributed by atoms with Crippen molar-refractivity contribution in [1.29, 1.82) is 0 Å². The summed E-state index contributed by atoms with van der Waals surface area (Å²) in [6.45, 7) is 14.7. The number of aliphatic hydroxyl groups is 1. The van der Waals surface area contributed by atoms with Crippen LogP contribution in [-0.2, 0) is 0 Å². The SMILES string of the molecule is CC(C=CC1=C(C)CCCC1(C)C)=CC=CC(C)=CC(C)(C)O. The minimum atomic E-state index is -0.760. The zero-order chi connectivity index (χ0) is 17.7. The fourth-order valence-electron chi connectivity index (χ4n) is 3.24. The molecule has 128 valence electrons. The van der Waals surface area contributed by atoms with Crippen LogP contribution in [0.1, 0.15) is 67.7 Å². The molecule has 1 aliphatic rings. The fraction of sp³-hybridized carbons (Fsp3) is 0.545. The molecule has 0 aliphatic heterocycles. The Bertz CT molecular complexity index is 557. The topological polar surface area (TPSA) is 20.2 Å². The molecule has 1 nitrogen and oxygen atoms in total. The third-order valence-corrected chi connectivity index (χ3v) is 4.35. The first-order chi connectivity index (χ1) is 10.5. The van der Waals surface area contributed by atoms with Crippen LogP contribution in [0.15, 0.2) is 58.7 Å². The molecular formula is C22H34O. The van der Waals surface area contributed by atoms with Crippen molar-refractivity contribution in [3.05, 3.63) is 58.7 Å². The summed E-state index contributed by atoms with van der Waals surface area (Å²) in [5, 5.41) is 9.76. The molecule has 1 aliphatic carbocycles. The van der Waals surface area contributed by atoms with Gasteiger partial charge in [-0.25, -0.2) is 0 Å². The van der Waals surface area contributed by atoms with Crippen molar-refractivity contribution < 1.29 is 5.11 Å². The molecule has 0 aromatic heterocycles. The van der Waals surface area contributed by atoms with Crippen LogP contribution in [0, 0.1) is 5.41 Å². The number of hydrogen-bond acceptors (Lipinski definition) is 1. The monoisotopic (exact) mass is 314 g/mol. The zero-order valence-corrected chi connectivity index (χ0v) is 16.0. The summed E-state index contributed by atoms with van der Waals surface area (Å²) in [5.74, 6) is 0. The maximum absolute atomic E-state index is 9.76. The molecule has 0 bridgehead atoms. The largest absolute Gasteiger partial charge is 0.386 e. The first kappa shape index (κ1) is 19.7. The van der Waals surface area contributed by atoms with Crippen molar-refractivity contribution in [1.82, 2.24) is 0 Å². The lowest BCUT2D eigenvalue weighted by Gasteiger charge is -2.32. The molecule has 0 fully saturated rings. The predicted molar refractivity (Wildman–Crippen MR) is 102 cm³/mol. The molecule has 0 radical (unpaired) electrons. The van der Waals surface area contributed by atoms with Gasteiger partial charge in [0.05, 0.1) is 5.60 Å². The van der Waals surface area contributed by atoms with Crippen LogP contribution in [0.3, 0.4) is 0 Å². The second-order valence-electron chi connectivity index (χ2n) is 8.08. The van der Waals surface area contributed by atoms with E-state index < -0.39 is 5.60 Å². The molecule has 1 rings (SSSR count). The highest BCUT2D eigenvalue weighted by Gasteiger charge is 2.26. The van der Waals surface area contributed by atoms with Gasteiger partial charge in [-0.05, 0) is 64.9 Å². The molecule has 0 aromatic carbocycles.